The first-order valence-corrected chi connectivity index (χ1v) is 9.15. The fourth-order valence-electron chi connectivity index (χ4n) is 2.17. The van der Waals surface area contributed by atoms with E-state index in [2.05, 4.69) is 21.8 Å². The van der Waals surface area contributed by atoms with Crippen LogP contribution in [0.15, 0.2) is 46.8 Å². The van der Waals surface area contributed by atoms with E-state index in [1.165, 1.54) is 40.1 Å². The summed E-state index contributed by atoms with van der Waals surface area (Å²) in [6, 6.07) is 6.31. The van der Waals surface area contributed by atoms with E-state index >= 15 is 0 Å². The van der Waals surface area contributed by atoms with E-state index in [4.69, 9.17) is 5.11 Å². The number of carbonyl (C=O) groups excluding carboxylic acids is 1. The highest BCUT2D eigenvalue weighted by atomic mass is 32.2. The Morgan fingerprint density at radius 3 is 2.65 bits per heavy atom. The molecule has 0 bridgehead atoms. The zero-order valence-corrected chi connectivity index (χ0v) is 15.4. The van der Waals surface area contributed by atoms with Crippen molar-refractivity contribution in [3.05, 3.63) is 58.0 Å². The number of thioether (sulfide) groups is 1. The third-order valence-electron chi connectivity index (χ3n) is 3.36. The van der Waals surface area contributed by atoms with Gasteiger partial charge in [0.15, 0.2) is 5.17 Å². The summed E-state index contributed by atoms with van der Waals surface area (Å²) in [5, 5.41) is 18.6. The van der Waals surface area contributed by atoms with Gasteiger partial charge in [0.25, 0.3) is 5.91 Å². The molecule has 0 atom stereocenters. The topological polar surface area (TPSA) is 95.8 Å². The third-order valence-corrected chi connectivity index (χ3v) is 5.10. The molecule has 2 heterocycles. The highest BCUT2D eigenvalue weighted by Gasteiger charge is 2.32. The molecule has 1 fully saturated rings. The van der Waals surface area contributed by atoms with E-state index < -0.39 is 5.97 Å². The largest absolute Gasteiger partial charge is 0.478 e. The maximum absolute atomic E-state index is 12.7. The minimum atomic E-state index is -0.991. The van der Waals surface area contributed by atoms with Crippen LogP contribution in [0, 0.1) is 6.92 Å². The Kier molecular flexibility index (Phi) is 5.29. The summed E-state index contributed by atoms with van der Waals surface area (Å²) in [6.45, 7) is 5.85. The molecule has 9 heteroatoms. The number of hydrogen-bond acceptors (Lipinski definition) is 7. The summed E-state index contributed by atoms with van der Waals surface area (Å²) in [6.07, 6.45) is 3.34. The molecule has 1 aromatic carbocycles. The predicted octanol–water partition coefficient (Wildman–Crippen LogP) is 3.33. The molecule has 2 aromatic rings. The van der Waals surface area contributed by atoms with Crippen LogP contribution in [0.1, 0.15) is 20.9 Å². The van der Waals surface area contributed by atoms with Gasteiger partial charge in [-0.05, 0) is 42.5 Å². The zero-order valence-electron chi connectivity index (χ0n) is 13.7. The molecule has 7 nitrogen and oxygen atoms in total. The van der Waals surface area contributed by atoms with Crippen molar-refractivity contribution in [2.24, 2.45) is 4.99 Å². The normalized spacial score (nSPS) is 17.3. The summed E-state index contributed by atoms with van der Waals surface area (Å²) in [7, 11) is 0. The number of aryl methyl sites for hydroxylation is 1. The number of amides is 1. The fraction of sp³-hybridized carbons (Fsp3) is 0.118. The van der Waals surface area contributed by atoms with Crippen LogP contribution in [0.25, 0.3) is 6.08 Å². The van der Waals surface area contributed by atoms with Crippen LogP contribution in [0.2, 0.25) is 0 Å². The molecule has 26 heavy (non-hydrogen) atoms. The van der Waals surface area contributed by atoms with Gasteiger partial charge in [0.2, 0.25) is 5.13 Å². The van der Waals surface area contributed by atoms with Gasteiger partial charge in [-0.25, -0.2) is 4.79 Å². The fourth-order valence-corrected chi connectivity index (χ4v) is 3.77. The highest BCUT2D eigenvalue weighted by molar-refractivity contribution is 8.18. The van der Waals surface area contributed by atoms with Crippen molar-refractivity contribution >= 4 is 51.4 Å². The Balaban J connectivity index is 1.90. The molecule has 1 aromatic heterocycles. The molecular weight excluding hydrogens is 372 g/mol. The molecule has 0 saturated carbocycles. The van der Waals surface area contributed by atoms with Crippen molar-refractivity contribution in [1.82, 2.24) is 15.1 Å². The molecule has 1 amide bonds. The van der Waals surface area contributed by atoms with Gasteiger partial charge >= 0.3 is 5.97 Å². The van der Waals surface area contributed by atoms with Crippen LogP contribution in [0.4, 0.5) is 5.13 Å². The van der Waals surface area contributed by atoms with Crippen LogP contribution in [0.5, 0.6) is 0 Å². The smallest absolute Gasteiger partial charge is 0.335 e. The number of carboxylic acids is 1. The average Bonchev–Trinajstić information content (AvgIpc) is 3.14. The molecule has 1 aliphatic rings. The van der Waals surface area contributed by atoms with E-state index in [1.807, 2.05) is 6.92 Å². The second kappa shape index (κ2) is 7.63. The summed E-state index contributed by atoms with van der Waals surface area (Å²) < 4.78 is 0. The van der Waals surface area contributed by atoms with Crippen molar-refractivity contribution in [3.8, 4) is 0 Å². The van der Waals surface area contributed by atoms with Gasteiger partial charge in [0, 0.05) is 6.54 Å². The maximum atomic E-state index is 12.7. The third kappa shape index (κ3) is 3.89. The zero-order chi connectivity index (χ0) is 18.7. The summed E-state index contributed by atoms with van der Waals surface area (Å²) in [4.78, 5) is 30.0. The number of benzene rings is 1. The van der Waals surface area contributed by atoms with Crippen LogP contribution < -0.4 is 0 Å². The molecule has 0 aliphatic carbocycles. The average molecular weight is 386 g/mol. The molecule has 1 N–H and O–H groups in total. The van der Waals surface area contributed by atoms with E-state index in [0.29, 0.717) is 21.7 Å². The first-order valence-electron chi connectivity index (χ1n) is 7.52. The molecular formula is C17H14N4O3S2. The molecule has 0 spiro atoms. The standard InChI is InChI=1S/C17H14N4O3S2/c1-3-8-21-14(22)13(9-11-4-6-12(7-5-11)15(23)24)26-17(21)18-16-20-19-10(2)25-16/h3-7,9H,1,8H2,2H3,(H,23,24)/b13-9+,18-17?. The van der Waals surface area contributed by atoms with Crippen molar-refractivity contribution in [2.75, 3.05) is 6.54 Å². The summed E-state index contributed by atoms with van der Waals surface area (Å²) >= 11 is 2.58. The first-order chi connectivity index (χ1) is 12.5. The number of carboxylic acid groups (broad SMARTS) is 1. The van der Waals surface area contributed by atoms with E-state index in [-0.39, 0.29) is 11.5 Å². The highest BCUT2D eigenvalue weighted by Crippen LogP contribution is 2.34. The minimum absolute atomic E-state index is 0.183. The Hall–Kier alpha value is -2.78. The SMILES string of the molecule is C=CCN1C(=O)/C(=C\c2ccc(C(=O)O)cc2)SC1=Nc1nnc(C)s1. The second-order valence-electron chi connectivity index (χ2n) is 5.24. The summed E-state index contributed by atoms with van der Waals surface area (Å²) in [5.41, 5.74) is 0.928. The molecule has 0 radical (unpaired) electrons. The van der Waals surface area contributed by atoms with Gasteiger partial charge in [-0.15, -0.1) is 16.8 Å². The lowest BCUT2D eigenvalue weighted by molar-refractivity contribution is -0.121. The van der Waals surface area contributed by atoms with E-state index in [9.17, 15) is 9.59 Å². The number of hydrogen-bond donors (Lipinski definition) is 1. The van der Waals surface area contributed by atoms with Crippen LogP contribution >= 0.6 is 23.1 Å². The minimum Gasteiger partial charge on any atom is -0.478 e. The Labute approximate surface area is 157 Å². The summed E-state index contributed by atoms with van der Waals surface area (Å²) in [5.74, 6) is -1.17. The van der Waals surface area contributed by atoms with Crippen molar-refractivity contribution in [2.45, 2.75) is 6.92 Å². The van der Waals surface area contributed by atoms with Crippen LogP contribution in [-0.4, -0.2) is 43.8 Å². The molecule has 3 rings (SSSR count). The first kappa shape index (κ1) is 18.0. The lowest BCUT2D eigenvalue weighted by atomic mass is 10.1. The molecule has 0 unspecified atom stereocenters. The number of carbonyl (C=O) groups is 2. The lowest BCUT2D eigenvalue weighted by Gasteiger charge is -2.11. The van der Waals surface area contributed by atoms with Crippen LogP contribution in [-0.2, 0) is 4.79 Å². The number of amidine groups is 1. The predicted molar refractivity (Wildman–Crippen MR) is 103 cm³/mol. The number of aliphatic imine (C=N–C) groups is 1. The monoisotopic (exact) mass is 386 g/mol. The Bertz CT molecular complexity index is 932. The quantitative estimate of drug-likeness (QED) is 0.625. The lowest BCUT2D eigenvalue weighted by Crippen LogP contribution is -2.29. The van der Waals surface area contributed by atoms with Crippen molar-refractivity contribution in [3.63, 3.8) is 0 Å². The Morgan fingerprint density at radius 2 is 2.08 bits per heavy atom. The van der Waals surface area contributed by atoms with E-state index in [1.54, 1.807) is 24.3 Å². The van der Waals surface area contributed by atoms with Gasteiger partial charge in [-0.1, -0.05) is 29.5 Å². The van der Waals surface area contributed by atoms with E-state index in [0.717, 1.165) is 10.6 Å². The molecule has 1 saturated heterocycles. The molecule has 1 aliphatic heterocycles. The van der Waals surface area contributed by atoms with Crippen LogP contribution in [0.3, 0.4) is 0 Å². The van der Waals surface area contributed by atoms with Crippen molar-refractivity contribution in [1.29, 1.82) is 0 Å². The maximum Gasteiger partial charge on any atom is 0.335 e. The number of rotatable bonds is 5. The van der Waals surface area contributed by atoms with Gasteiger partial charge in [-0.2, -0.15) is 4.99 Å². The number of nitrogens with zero attached hydrogens (tertiary/aromatic N) is 4. The number of aromatic carboxylic acids is 1. The van der Waals surface area contributed by atoms with Gasteiger partial charge < -0.3 is 5.11 Å². The van der Waals surface area contributed by atoms with Gasteiger partial charge in [0.1, 0.15) is 5.01 Å². The Morgan fingerprint density at radius 1 is 1.35 bits per heavy atom. The van der Waals surface area contributed by atoms with Gasteiger partial charge in [0.05, 0.1) is 10.5 Å². The van der Waals surface area contributed by atoms with Crippen molar-refractivity contribution < 1.29 is 14.7 Å². The van der Waals surface area contributed by atoms with Gasteiger partial charge in [-0.3, -0.25) is 9.69 Å². The molecule has 132 valence electrons. The second-order valence-corrected chi connectivity index (χ2v) is 7.41. The number of aromatic nitrogens is 2.